The van der Waals surface area contributed by atoms with Gasteiger partial charge in [0.15, 0.2) is 0 Å². The van der Waals surface area contributed by atoms with E-state index in [9.17, 15) is 4.79 Å². The summed E-state index contributed by atoms with van der Waals surface area (Å²) in [7, 11) is 5.84. The second-order valence-electron chi connectivity index (χ2n) is 7.61. The number of hydrogen-bond donors (Lipinski definition) is 0. The van der Waals surface area contributed by atoms with Crippen LogP contribution >= 0.6 is 0 Å². The lowest BCUT2D eigenvalue weighted by Crippen LogP contribution is -2.20. The van der Waals surface area contributed by atoms with Crippen LogP contribution in [0.15, 0.2) is 71.5 Å². The van der Waals surface area contributed by atoms with Crippen molar-refractivity contribution in [3.05, 3.63) is 88.7 Å². The Morgan fingerprint density at radius 2 is 1.21 bits per heavy atom. The molecule has 0 saturated heterocycles. The van der Waals surface area contributed by atoms with E-state index in [0.29, 0.717) is 33.8 Å². The van der Waals surface area contributed by atoms with Crippen molar-refractivity contribution in [3.63, 3.8) is 0 Å². The van der Waals surface area contributed by atoms with Gasteiger partial charge in [-0.2, -0.15) is 0 Å². The first-order chi connectivity index (χ1) is 16.4. The minimum atomic E-state index is -0.854. The number of ether oxygens (including phenoxy) is 3. The smallest absolute Gasteiger partial charge is 0.251 e. The Labute approximate surface area is 195 Å². The lowest BCUT2D eigenvalue weighted by molar-refractivity contribution is 0.394. The van der Waals surface area contributed by atoms with E-state index in [4.69, 9.17) is 14.2 Å². The first-order valence-electron chi connectivity index (χ1n) is 10.4. The first-order valence-corrected chi connectivity index (χ1v) is 10.4. The van der Waals surface area contributed by atoms with Gasteiger partial charge in [-0.15, -0.1) is 0 Å². The van der Waals surface area contributed by atoms with Crippen molar-refractivity contribution in [1.29, 1.82) is 0 Å². The second-order valence-corrected chi connectivity index (χ2v) is 7.61. The van der Waals surface area contributed by atoms with E-state index in [1.807, 2.05) is 30.3 Å². The molecule has 34 heavy (non-hydrogen) atoms. The largest absolute Gasteiger partial charge is 0.497 e. The fourth-order valence-corrected chi connectivity index (χ4v) is 3.97. The lowest BCUT2D eigenvalue weighted by Gasteiger charge is -2.21. The predicted octanol–water partition coefficient (Wildman–Crippen LogP) is 5.69. The van der Waals surface area contributed by atoms with Crippen LogP contribution < -0.4 is 19.8 Å². The Balaban J connectivity index is 2.19. The third-order valence-electron chi connectivity index (χ3n) is 5.65. The molecule has 1 heterocycles. The minimum Gasteiger partial charge on any atom is -0.497 e. The van der Waals surface area contributed by atoms with E-state index in [-0.39, 0.29) is 17.0 Å². The first kappa shape index (κ1) is 23.0. The van der Waals surface area contributed by atoms with Crippen LogP contribution in [-0.4, -0.2) is 25.9 Å². The summed E-state index contributed by atoms with van der Waals surface area (Å²) >= 11 is 0. The number of pyridine rings is 1. The van der Waals surface area contributed by atoms with Crippen LogP contribution in [0.5, 0.6) is 17.2 Å². The summed E-state index contributed by atoms with van der Waals surface area (Å²) in [4.78, 5) is 13.0. The molecule has 0 aliphatic heterocycles. The number of benzene rings is 3. The zero-order valence-electron chi connectivity index (χ0n) is 19.2. The molecule has 5 nitrogen and oxygen atoms in total. The van der Waals surface area contributed by atoms with E-state index in [0.717, 1.165) is 12.1 Å². The van der Waals surface area contributed by atoms with Gasteiger partial charge < -0.3 is 18.8 Å². The normalized spacial score (nSPS) is 10.8. The number of hydrogen-bond acceptors (Lipinski definition) is 4. The van der Waals surface area contributed by atoms with E-state index in [1.54, 1.807) is 18.2 Å². The van der Waals surface area contributed by atoms with Crippen LogP contribution in [0.3, 0.4) is 0 Å². The van der Waals surface area contributed by atoms with Gasteiger partial charge in [-0.3, -0.25) is 4.79 Å². The van der Waals surface area contributed by atoms with E-state index in [1.165, 1.54) is 39.0 Å². The molecule has 0 unspecified atom stereocenters. The average Bonchev–Trinajstić information content (AvgIpc) is 2.85. The maximum absolute atomic E-state index is 15.3. The summed E-state index contributed by atoms with van der Waals surface area (Å²) in [6.07, 6.45) is 0. The predicted molar refractivity (Wildman–Crippen MR) is 128 cm³/mol. The highest BCUT2D eigenvalue weighted by Crippen LogP contribution is 2.43. The minimum absolute atomic E-state index is 0.0348. The summed E-state index contributed by atoms with van der Waals surface area (Å²) in [5, 5.41) is 0. The van der Waals surface area contributed by atoms with Crippen molar-refractivity contribution in [2.45, 2.75) is 0 Å². The molecule has 4 aromatic rings. The third-order valence-corrected chi connectivity index (χ3v) is 5.65. The average molecular weight is 463 g/mol. The molecule has 0 aliphatic carbocycles. The van der Waals surface area contributed by atoms with E-state index >= 15 is 8.78 Å². The molecule has 3 aromatic carbocycles. The van der Waals surface area contributed by atoms with Crippen molar-refractivity contribution in [2.24, 2.45) is 7.05 Å². The van der Waals surface area contributed by atoms with Crippen LogP contribution in [0.2, 0.25) is 0 Å². The Hall–Kier alpha value is -4.13. The Morgan fingerprint density at radius 1 is 0.676 bits per heavy atom. The van der Waals surface area contributed by atoms with Crippen molar-refractivity contribution in [1.82, 2.24) is 4.57 Å². The molecule has 1 aromatic heterocycles. The SMILES string of the molecule is COc1cc(OC)cc(-c2c(-c3ccccc3)cc(=O)n(C)c2-c2c(F)cc(OC)cc2F)c1. The summed E-state index contributed by atoms with van der Waals surface area (Å²) in [6, 6.07) is 18.0. The number of halogens is 2. The fraction of sp³-hybridized carbons (Fsp3) is 0.148. The Bertz CT molecular complexity index is 1370. The van der Waals surface area contributed by atoms with Gasteiger partial charge in [0.2, 0.25) is 0 Å². The quantitative estimate of drug-likeness (QED) is 0.369. The van der Waals surface area contributed by atoms with Crippen LogP contribution in [0.25, 0.3) is 33.5 Å². The number of rotatable bonds is 6. The number of nitrogens with zero attached hydrogens (tertiary/aromatic N) is 1. The van der Waals surface area contributed by atoms with Crippen LogP contribution in [-0.2, 0) is 7.05 Å². The van der Waals surface area contributed by atoms with Gasteiger partial charge in [0.1, 0.15) is 28.9 Å². The van der Waals surface area contributed by atoms with Crippen molar-refractivity contribution in [2.75, 3.05) is 21.3 Å². The lowest BCUT2D eigenvalue weighted by atomic mass is 9.90. The van der Waals surface area contributed by atoms with Crippen LogP contribution in [0, 0.1) is 11.6 Å². The molecule has 0 saturated carbocycles. The zero-order chi connectivity index (χ0) is 24.4. The molecule has 0 fully saturated rings. The van der Waals surface area contributed by atoms with Crippen LogP contribution in [0.1, 0.15) is 0 Å². The number of aromatic nitrogens is 1. The molecule has 4 rings (SSSR count). The molecular weight excluding hydrogens is 440 g/mol. The fourth-order valence-electron chi connectivity index (χ4n) is 3.97. The zero-order valence-corrected chi connectivity index (χ0v) is 19.2. The van der Waals surface area contributed by atoms with Gasteiger partial charge in [-0.1, -0.05) is 30.3 Å². The molecule has 0 amide bonds. The molecule has 0 aliphatic rings. The summed E-state index contributed by atoms with van der Waals surface area (Å²) < 4.78 is 47.8. The molecular formula is C27H23F2NO4. The maximum Gasteiger partial charge on any atom is 0.251 e. The topological polar surface area (TPSA) is 49.7 Å². The van der Waals surface area contributed by atoms with Crippen molar-refractivity contribution < 1.29 is 23.0 Å². The molecule has 0 spiro atoms. The van der Waals surface area contributed by atoms with Gasteiger partial charge >= 0.3 is 0 Å². The molecule has 0 atom stereocenters. The Morgan fingerprint density at radius 3 is 1.74 bits per heavy atom. The highest BCUT2D eigenvalue weighted by Gasteiger charge is 2.25. The maximum atomic E-state index is 15.3. The van der Waals surface area contributed by atoms with E-state index in [2.05, 4.69) is 0 Å². The standard InChI is InChI=1S/C27H23F2NO4/c1-30-24(31)15-21(16-8-6-5-7-9-16)25(17-10-18(32-2)12-19(11-17)33-3)27(30)26-22(28)13-20(34-4)14-23(26)29/h5-15H,1-4H3. The van der Waals surface area contributed by atoms with Gasteiger partial charge in [0.25, 0.3) is 5.56 Å². The summed E-state index contributed by atoms with van der Waals surface area (Å²) in [5.41, 5.74) is 1.58. The number of methoxy groups -OCH3 is 3. The van der Waals surface area contributed by atoms with E-state index < -0.39 is 17.2 Å². The molecule has 0 N–H and O–H groups in total. The van der Waals surface area contributed by atoms with Gasteiger partial charge in [0.05, 0.1) is 32.6 Å². The summed E-state index contributed by atoms with van der Waals surface area (Å²) in [6.45, 7) is 0. The van der Waals surface area contributed by atoms with Gasteiger partial charge in [0, 0.05) is 36.9 Å². The van der Waals surface area contributed by atoms with Crippen LogP contribution in [0.4, 0.5) is 8.78 Å². The Kier molecular flexibility index (Phi) is 6.36. The summed E-state index contributed by atoms with van der Waals surface area (Å²) in [5.74, 6) is -0.693. The third kappa shape index (κ3) is 4.12. The highest BCUT2D eigenvalue weighted by atomic mass is 19.1. The second kappa shape index (κ2) is 9.39. The van der Waals surface area contributed by atoms with Crippen molar-refractivity contribution in [3.8, 4) is 50.8 Å². The monoisotopic (exact) mass is 463 g/mol. The van der Waals surface area contributed by atoms with Crippen molar-refractivity contribution >= 4 is 0 Å². The molecule has 7 heteroatoms. The molecule has 0 bridgehead atoms. The molecule has 174 valence electrons. The molecule has 0 radical (unpaired) electrons. The van der Waals surface area contributed by atoms with Gasteiger partial charge in [-0.25, -0.2) is 8.78 Å². The highest BCUT2D eigenvalue weighted by molar-refractivity contribution is 5.94. The van der Waals surface area contributed by atoms with Gasteiger partial charge in [-0.05, 0) is 28.8 Å².